The van der Waals surface area contributed by atoms with Crippen LogP contribution in [-0.2, 0) is 10.4 Å². The molecule has 0 spiro atoms. The van der Waals surface area contributed by atoms with Gasteiger partial charge in [-0.15, -0.1) is 0 Å². The van der Waals surface area contributed by atoms with E-state index in [1.807, 2.05) is 54.6 Å². The van der Waals surface area contributed by atoms with E-state index in [1.165, 1.54) is 0 Å². The summed E-state index contributed by atoms with van der Waals surface area (Å²) in [6, 6.07) is 16.9. The summed E-state index contributed by atoms with van der Waals surface area (Å²) in [5, 5.41) is 13.7. The number of piperidine rings is 1. The normalized spacial score (nSPS) is 23.2. The Bertz CT molecular complexity index is 746. The summed E-state index contributed by atoms with van der Waals surface area (Å²) in [7, 11) is 0. The van der Waals surface area contributed by atoms with Crippen molar-refractivity contribution in [2.45, 2.75) is 18.4 Å². The van der Waals surface area contributed by atoms with Crippen molar-refractivity contribution in [3.05, 3.63) is 65.7 Å². The number of fused-ring (bicyclic) bond motifs is 1. The highest BCUT2D eigenvalue weighted by atomic mass is 35.5. The minimum absolute atomic E-state index is 0. The van der Waals surface area contributed by atoms with E-state index in [2.05, 4.69) is 5.32 Å². The Kier molecular flexibility index (Phi) is 5.13. The van der Waals surface area contributed by atoms with Crippen LogP contribution in [0.2, 0.25) is 0 Å². The summed E-state index contributed by atoms with van der Waals surface area (Å²) < 4.78 is 0. The molecule has 1 saturated heterocycles. The SMILES string of the molecule is O=C1N(CC2CC[NH2+]CC2)c2ccccc2C1(O)c1ccccc1.[Cl-]. The molecule has 132 valence electrons. The fourth-order valence-electron chi connectivity index (χ4n) is 4.01. The van der Waals surface area contributed by atoms with Crippen LogP contribution >= 0.6 is 0 Å². The third kappa shape index (κ3) is 2.95. The summed E-state index contributed by atoms with van der Waals surface area (Å²) in [5.74, 6) is 0.287. The number of halogens is 1. The average molecular weight is 359 g/mol. The van der Waals surface area contributed by atoms with E-state index < -0.39 is 5.60 Å². The number of hydrogen-bond acceptors (Lipinski definition) is 2. The maximum absolute atomic E-state index is 13.2. The standard InChI is InChI=1S/C20H22N2O2.ClH/c23-19-20(24,16-6-2-1-3-7-16)17-8-4-5-9-18(17)22(19)14-15-10-12-21-13-11-15;/h1-9,15,21,24H,10-14H2;1H. The smallest absolute Gasteiger partial charge is 0.268 e. The fraction of sp³-hybridized carbons (Fsp3) is 0.350. The van der Waals surface area contributed by atoms with Gasteiger partial charge in [-0.2, -0.15) is 0 Å². The Hall–Kier alpha value is -1.88. The van der Waals surface area contributed by atoms with Crippen molar-refractivity contribution in [3.63, 3.8) is 0 Å². The molecule has 1 amide bonds. The molecule has 0 radical (unpaired) electrons. The number of para-hydroxylation sites is 1. The summed E-state index contributed by atoms with van der Waals surface area (Å²) in [6.45, 7) is 2.94. The van der Waals surface area contributed by atoms with Gasteiger partial charge in [0.15, 0.2) is 5.60 Å². The number of rotatable bonds is 3. The minimum atomic E-state index is -1.57. The molecule has 1 unspecified atom stereocenters. The van der Waals surface area contributed by atoms with Gasteiger partial charge in [0, 0.05) is 24.9 Å². The lowest BCUT2D eigenvalue weighted by Gasteiger charge is -2.28. The molecule has 0 saturated carbocycles. The third-order valence-electron chi connectivity index (χ3n) is 5.33. The van der Waals surface area contributed by atoms with E-state index >= 15 is 0 Å². The van der Waals surface area contributed by atoms with E-state index in [4.69, 9.17) is 0 Å². The third-order valence-corrected chi connectivity index (χ3v) is 5.33. The van der Waals surface area contributed by atoms with Crippen LogP contribution in [0.3, 0.4) is 0 Å². The summed E-state index contributed by atoms with van der Waals surface area (Å²) in [5.41, 5.74) is 0.618. The number of hydrogen-bond donors (Lipinski definition) is 2. The van der Waals surface area contributed by atoms with Crippen molar-refractivity contribution in [2.75, 3.05) is 24.5 Å². The number of quaternary nitrogens is 1. The monoisotopic (exact) mass is 358 g/mol. The van der Waals surface area contributed by atoms with E-state index in [0.717, 1.165) is 31.6 Å². The van der Waals surface area contributed by atoms with Gasteiger partial charge in [-0.25, -0.2) is 0 Å². The summed E-state index contributed by atoms with van der Waals surface area (Å²) in [6.07, 6.45) is 2.24. The molecule has 1 fully saturated rings. The molecule has 2 aromatic rings. The number of amides is 1. The van der Waals surface area contributed by atoms with Gasteiger partial charge < -0.3 is 27.7 Å². The van der Waals surface area contributed by atoms with Gasteiger partial charge in [-0.1, -0.05) is 48.5 Å². The molecule has 0 aliphatic carbocycles. The van der Waals surface area contributed by atoms with Crippen molar-refractivity contribution in [2.24, 2.45) is 5.92 Å². The van der Waals surface area contributed by atoms with Crippen LogP contribution < -0.4 is 22.6 Å². The van der Waals surface area contributed by atoms with Crippen molar-refractivity contribution < 1.29 is 27.6 Å². The predicted molar refractivity (Wildman–Crippen MR) is 92.6 cm³/mol. The zero-order valence-corrected chi connectivity index (χ0v) is 14.8. The highest BCUT2D eigenvalue weighted by molar-refractivity contribution is 6.09. The molecular weight excluding hydrogens is 336 g/mol. The molecule has 0 bridgehead atoms. The molecule has 4 nitrogen and oxygen atoms in total. The Balaban J connectivity index is 0.00000182. The predicted octanol–water partition coefficient (Wildman–Crippen LogP) is -1.75. The van der Waals surface area contributed by atoms with E-state index in [9.17, 15) is 9.90 Å². The molecule has 2 aliphatic heterocycles. The molecule has 1 atom stereocenters. The second kappa shape index (κ2) is 7.16. The number of benzene rings is 2. The van der Waals surface area contributed by atoms with Crippen molar-refractivity contribution >= 4 is 11.6 Å². The Morgan fingerprint density at radius 1 is 1.04 bits per heavy atom. The van der Waals surface area contributed by atoms with Gasteiger partial charge in [0.2, 0.25) is 0 Å². The molecule has 2 heterocycles. The first-order chi connectivity index (χ1) is 11.7. The lowest BCUT2D eigenvalue weighted by Crippen LogP contribution is -3.00. The summed E-state index contributed by atoms with van der Waals surface area (Å²) in [4.78, 5) is 15.0. The molecule has 0 aromatic heterocycles. The minimum Gasteiger partial charge on any atom is -1.00 e. The van der Waals surface area contributed by atoms with Crippen LogP contribution in [0.15, 0.2) is 54.6 Å². The van der Waals surface area contributed by atoms with Crippen LogP contribution in [-0.4, -0.2) is 30.6 Å². The molecule has 25 heavy (non-hydrogen) atoms. The molecule has 5 heteroatoms. The number of anilines is 1. The lowest BCUT2D eigenvalue weighted by molar-refractivity contribution is -0.664. The van der Waals surface area contributed by atoms with Gasteiger partial charge in [-0.3, -0.25) is 4.79 Å². The maximum Gasteiger partial charge on any atom is 0.268 e. The number of nitrogens with two attached hydrogens (primary N) is 1. The zero-order chi connectivity index (χ0) is 16.6. The first-order valence-corrected chi connectivity index (χ1v) is 8.72. The highest BCUT2D eigenvalue weighted by Crippen LogP contribution is 2.44. The van der Waals surface area contributed by atoms with Gasteiger partial charge in [-0.05, 0) is 17.5 Å². The van der Waals surface area contributed by atoms with Crippen molar-refractivity contribution in [1.29, 1.82) is 0 Å². The van der Waals surface area contributed by atoms with Crippen molar-refractivity contribution in [3.8, 4) is 0 Å². The maximum atomic E-state index is 13.2. The topological polar surface area (TPSA) is 57.2 Å². The largest absolute Gasteiger partial charge is 1.00 e. The van der Waals surface area contributed by atoms with E-state index in [-0.39, 0.29) is 18.3 Å². The second-order valence-electron chi connectivity index (χ2n) is 6.82. The van der Waals surface area contributed by atoms with Crippen molar-refractivity contribution in [1.82, 2.24) is 0 Å². The molecule has 2 aliphatic rings. The van der Waals surface area contributed by atoms with Crippen LogP contribution in [0.4, 0.5) is 5.69 Å². The number of carbonyl (C=O) groups is 1. The first-order valence-electron chi connectivity index (χ1n) is 8.72. The summed E-state index contributed by atoms with van der Waals surface area (Å²) >= 11 is 0. The van der Waals surface area contributed by atoms with Crippen LogP contribution in [0.1, 0.15) is 24.0 Å². The lowest BCUT2D eigenvalue weighted by atomic mass is 9.87. The van der Waals surface area contributed by atoms with E-state index in [1.54, 1.807) is 4.90 Å². The van der Waals surface area contributed by atoms with Gasteiger partial charge >= 0.3 is 0 Å². The zero-order valence-electron chi connectivity index (χ0n) is 14.1. The fourth-order valence-corrected chi connectivity index (χ4v) is 4.01. The first kappa shape index (κ1) is 17.9. The Morgan fingerprint density at radius 2 is 1.68 bits per heavy atom. The van der Waals surface area contributed by atoms with Gasteiger partial charge in [0.25, 0.3) is 5.91 Å². The highest BCUT2D eigenvalue weighted by Gasteiger charge is 2.51. The average Bonchev–Trinajstić information content (AvgIpc) is 2.87. The molecule has 4 rings (SSSR count). The molecular formula is C20H23ClN2O2. The quantitative estimate of drug-likeness (QED) is 0.683. The van der Waals surface area contributed by atoms with E-state index in [0.29, 0.717) is 23.6 Å². The van der Waals surface area contributed by atoms with Gasteiger partial charge in [0.05, 0.1) is 18.8 Å². The van der Waals surface area contributed by atoms with Crippen LogP contribution in [0.5, 0.6) is 0 Å². The van der Waals surface area contributed by atoms with Gasteiger partial charge in [0.1, 0.15) is 0 Å². The molecule has 2 aromatic carbocycles. The van der Waals surface area contributed by atoms with Crippen LogP contribution in [0.25, 0.3) is 0 Å². The number of aliphatic hydroxyl groups is 1. The second-order valence-corrected chi connectivity index (χ2v) is 6.82. The Labute approximate surface area is 154 Å². The number of carbonyl (C=O) groups excluding carboxylic acids is 1. The van der Waals surface area contributed by atoms with Crippen LogP contribution in [0, 0.1) is 5.92 Å². The molecule has 3 N–H and O–H groups in total. The Morgan fingerprint density at radius 3 is 2.40 bits per heavy atom. The number of nitrogens with zero attached hydrogens (tertiary/aromatic N) is 1.